The fraction of sp³-hybridized carbons (Fsp3) is 0.875. The van der Waals surface area contributed by atoms with E-state index >= 15 is 0 Å². The Hall–Kier alpha value is -0.810. The number of hydrogen-bond donors (Lipinski definition) is 3. The standard InChI is InChI=1S/C8H17N3O2/c9-8(12)11-4-3-10-6-7-2-1-5-13-7/h7,10H,1-6H2,(H3,9,11,12). The van der Waals surface area contributed by atoms with E-state index in [0.29, 0.717) is 12.6 Å². The summed E-state index contributed by atoms with van der Waals surface area (Å²) in [6, 6.07) is -0.473. The Morgan fingerprint density at radius 3 is 3.00 bits per heavy atom. The summed E-state index contributed by atoms with van der Waals surface area (Å²) in [4.78, 5) is 10.3. The van der Waals surface area contributed by atoms with Crippen LogP contribution in [0.15, 0.2) is 0 Å². The molecule has 0 aromatic rings. The molecule has 5 nitrogen and oxygen atoms in total. The number of carbonyl (C=O) groups is 1. The Morgan fingerprint density at radius 2 is 2.38 bits per heavy atom. The third-order valence-electron chi connectivity index (χ3n) is 2.00. The molecule has 0 spiro atoms. The molecule has 1 fully saturated rings. The Kier molecular flexibility index (Phi) is 4.56. The van der Waals surface area contributed by atoms with Gasteiger partial charge >= 0.3 is 6.03 Å². The summed E-state index contributed by atoms with van der Waals surface area (Å²) in [5.41, 5.74) is 4.89. The first-order valence-electron chi connectivity index (χ1n) is 4.64. The molecule has 1 heterocycles. The van der Waals surface area contributed by atoms with Gasteiger partial charge in [-0.1, -0.05) is 0 Å². The van der Waals surface area contributed by atoms with Crippen LogP contribution in [0.2, 0.25) is 0 Å². The van der Waals surface area contributed by atoms with Crippen molar-refractivity contribution in [3.63, 3.8) is 0 Å². The Balaban J connectivity index is 1.86. The van der Waals surface area contributed by atoms with Crippen LogP contribution in [0, 0.1) is 0 Å². The minimum Gasteiger partial charge on any atom is -0.377 e. The lowest BCUT2D eigenvalue weighted by Crippen LogP contribution is -2.37. The second kappa shape index (κ2) is 5.77. The predicted octanol–water partition coefficient (Wildman–Crippen LogP) is -0.577. The molecular weight excluding hydrogens is 170 g/mol. The van der Waals surface area contributed by atoms with Crippen molar-refractivity contribution in [2.75, 3.05) is 26.2 Å². The summed E-state index contributed by atoms with van der Waals surface area (Å²) in [6.45, 7) is 3.05. The zero-order chi connectivity index (χ0) is 9.52. The van der Waals surface area contributed by atoms with Crippen molar-refractivity contribution in [2.24, 2.45) is 5.73 Å². The number of nitrogens with two attached hydrogens (primary N) is 1. The van der Waals surface area contributed by atoms with E-state index in [2.05, 4.69) is 10.6 Å². The van der Waals surface area contributed by atoms with Crippen LogP contribution >= 0.6 is 0 Å². The van der Waals surface area contributed by atoms with Gasteiger partial charge in [0, 0.05) is 26.2 Å². The van der Waals surface area contributed by atoms with E-state index in [1.165, 1.54) is 0 Å². The molecule has 0 bridgehead atoms. The minimum atomic E-state index is -0.473. The Labute approximate surface area is 78.0 Å². The molecule has 13 heavy (non-hydrogen) atoms. The number of primary amides is 1. The average Bonchev–Trinajstić information content (AvgIpc) is 2.55. The Morgan fingerprint density at radius 1 is 1.54 bits per heavy atom. The molecule has 76 valence electrons. The first-order valence-corrected chi connectivity index (χ1v) is 4.64. The zero-order valence-corrected chi connectivity index (χ0v) is 7.71. The maximum atomic E-state index is 10.3. The van der Waals surface area contributed by atoms with Crippen molar-refractivity contribution in [1.29, 1.82) is 0 Å². The molecule has 0 saturated carbocycles. The van der Waals surface area contributed by atoms with Crippen LogP contribution in [-0.4, -0.2) is 38.4 Å². The zero-order valence-electron chi connectivity index (χ0n) is 7.71. The number of hydrogen-bond acceptors (Lipinski definition) is 3. The maximum Gasteiger partial charge on any atom is 0.312 e. The molecule has 1 saturated heterocycles. The van der Waals surface area contributed by atoms with Gasteiger partial charge in [-0.15, -0.1) is 0 Å². The van der Waals surface area contributed by atoms with Crippen LogP contribution in [-0.2, 0) is 4.74 Å². The van der Waals surface area contributed by atoms with Gasteiger partial charge in [-0.2, -0.15) is 0 Å². The molecular formula is C8H17N3O2. The highest BCUT2D eigenvalue weighted by Crippen LogP contribution is 2.10. The summed E-state index contributed by atoms with van der Waals surface area (Å²) in [5, 5.41) is 5.69. The number of nitrogens with one attached hydrogen (secondary N) is 2. The highest BCUT2D eigenvalue weighted by atomic mass is 16.5. The van der Waals surface area contributed by atoms with Crippen molar-refractivity contribution >= 4 is 6.03 Å². The SMILES string of the molecule is NC(=O)NCCNCC1CCCO1. The molecule has 0 radical (unpaired) electrons. The number of carbonyl (C=O) groups excluding carboxylic acids is 1. The van der Waals surface area contributed by atoms with Crippen molar-refractivity contribution in [1.82, 2.24) is 10.6 Å². The predicted molar refractivity (Wildman–Crippen MR) is 49.4 cm³/mol. The normalized spacial score (nSPS) is 21.7. The van der Waals surface area contributed by atoms with Gasteiger partial charge in [-0.25, -0.2) is 4.79 Å². The summed E-state index contributed by atoms with van der Waals surface area (Å²) < 4.78 is 5.41. The molecule has 1 rings (SSSR count). The van der Waals surface area contributed by atoms with Crippen molar-refractivity contribution < 1.29 is 9.53 Å². The number of urea groups is 1. The molecule has 1 aliphatic heterocycles. The van der Waals surface area contributed by atoms with Crippen LogP contribution in [0.5, 0.6) is 0 Å². The van der Waals surface area contributed by atoms with Crippen LogP contribution in [0.4, 0.5) is 4.79 Å². The fourth-order valence-electron chi connectivity index (χ4n) is 1.34. The largest absolute Gasteiger partial charge is 0.377 e. The highest BCUT2D eigenvalue weighted by Gasteiger charge is 2.13. The summed E-state index contributed by atoms with van der Waals surface area (Å²) in [6.07, 6.45) is 2.65. The van der Waals surface area contributed by atoms with Gasteiger partial charge in [-0.05, 0) is 12.8 Å². The first-order chi connectivity index (χ1) is 6.29. The summed E-state index contributed by atoms with van der Waals surface area (Å²) in [7, 11) is 0. The van der Waals surface area contributed by atoms with E-state index in [1.54, 1.807) is 0 Å². The second-order valence-corrected chi connectivity index (χ2v) is 3.13. The lowest BCUT2D eigenvalue weighted by molar-refractivity contribution is 0.110. The molecule has 0 aromatic carbocycles. The number of amides is 2. The van der Waals surface area contributed by atoms with Gasteiger partial charge in [0.1, 0.15) is 0 Å². The molecule has 4 N–H and O–H groups in total. The lowest BCUT2D eigenvalue weighted by atomic mass is 10.2. The van der Waals surface area contributed by atoms with Crippen LogP contribution < -0.4 is 16.4 Å². The van der Waals surface area contributed by atoms with Crippen LogP contribution in [0.1, 0.15) is 12.8 Å². The summed E-state index contributed by atoms with van der Waals surface area (Å²) in [5.74, 6) is 0. The van der Waals surface area contributed by atoms with E-state index in [4.69, 9.17) is 10.5 Å². The van der Waals surface area contributed by atoms with Gasteiger partial charge < -0.3 is 21.1 Å². The van der Waals surface area contributed by atoms with E-state index in [1.807, 2.05) is 0 Å². The molecule has 1 aliphatic rings. The van der Waals surface area contributed by atoms with Gasteiger partial charge in [0.05, 0.1) is 6.10 Å². The fourth-order valence-corrected chi connectivity index (χ4v) is 1.34. The number of ether oxygens (including phenoxy) is 1. The van der Waals surface area contributed by atoms with E-state index < -0.39 is 6.03 Å². The van der Waals surface area contributed by atoms with Gasteiger partial charge in [0.2, 0.25) is 0 Å². The van der Waals surface area contributed by atoms with E-state index in [9.17, 15) is 4.79 Å². The quantitative estimate of drug-likeness (QED) is 0.504. The molecule has 5 heteroatoms. The summed E-state index contributed by atoms with van der Waals surface area (Å²) >= 11 is 0. The second-order valence-electron chi connectivity index (χ2n) is 3.13. The van der Waals surface area contributed by atoms with Gasteiger partial charge in [-0.3, -0.25) is 0 Å². The molecule has 1 atom stereocenters. The first kappa shape index (κ1) is 10.3. The third kappa shape index (κ3) is 4.69. The van der Waals surface area contributed by atoms with Crippen molar-refractivity contribution in [3.05, 3.63) is 0 Å². The van der Waals surface area contributed by atoms with Crippen molar-refractivity contribution in [2.45, 2.75) is 18.9 Å². The van der Waals surface area contributed by atoms with Gasteiger partial charge in [0.15, 0.2) is 0 Å². The minimum absolute atomic E-state index is 0.355. The topological polar surface area (TPSA) is 76.4 Å². The third-order valence-corrected chi connectivity index (χ3v) is 2.00. The molecule has 1 unspecified atom stereocenters. The molecule has 2 amide bonds. The molecule has 0 aliphatic carbocycles. The smallest absolute Gasteiger partial charge is 0.312 e. The van der Waals surface area contributed by atoms with Crippen LogP contribution in [0.3, 0.4) is 0 Å². The van der Waals surface area contributed by atoms with Crippen LogP contribution in [0.25, 0.3) is 0 Å². The van der Waals surface area contributed by atoms with Gasteiger partial charge in [0.25, 0.3) is 0 Å². The maximum absolute atomic E-state index is 10.3. The van der Waals surface area contributed by atoms with E-state index in [-0.39, 0.29) is 0 Å². The Bertz CT molecular complexity index is 157. The van der Waals surface area contributed by atoms with E-state index in [0.717, 1.165) is 32.5 Å². The average molecular weight is 187 g/mol. The monoisotopic (exact) mass is 187 g/mol. The number of rotatable bonds is 5. The molecule has 0 aromatic heterocycles. The lowest BCUT2D eigenvalue weighted by Gasteiger charge is -2.10. The van der Waals surface area contributed by atoms with Crippen molar-refractivity contribution in [3.8, 4) is 0 Å². The highest BCUT2D eigenvalue weighted by molar-refractivity contribution is 5.71.